The average molecular weight is 177 g/mol. The van der Waals surface area contributed by atoms with E-state index in [4.69, 9.17) is 0 Å². The van der Waals surface area contributed by atoms with Crippen molar-refractivity contribution in [1.82, 2.24) is 5.32 Å². The third-order valence-corrected chi connectivity index (χ3v) is 2.13. The third kappa shape index (κ3) is 3.60. The lowest BCUT2D eigenvalue weighted by Gasteiger charge is -2.15. The van der Waals surface area contributed by atoms with E-state index in [0.717, 1.165) is 6.54 Å². The second kappa shape index (κ2) is 5.03. The summed E-state index contributed by atoms with van der Waals surface area (Å²) in [6.45, 7) is 7.74. The van der Waals surface area contributed by atoms with Crippen LogP contribution in [0.2, 0.25) is 0 Å². The van der Waals surface area contributed by atoms with Crippen molar-refractivity contribution < 1.29 is 0 Å². The summed E-state index contributed by atoms with van der Waals surface area (Å²) in [6, 6.07) is 11.0. The molecule has 1 rings (SSSR count). The predicted octanol–water partition coefficient (Wildman–Crippen LogP) is 2.99. The summed E-state index contributed by atoms with van der Waals surface area (Å²) in [5.74, 6) is 0.714. The molecule has 0 aliphatic heterocycles. The van der Waals surface area contributed by atoms with Crippen LogP contribution in [-0.2, 0) is 0 Å². The van der Waals surface area contributed by atoms with Gasteiger partial charge in [-0.3, -0.25) is 0 Å². The second-order valence-corrected chi connectivity index (χ2v) is 3.93. The minimum atomic E-state index is 0.462. The second-order valence-electron chi connectivity index (χ2n) is 3.93. The van der Waals surface area contributed by atoms with E-state index >= 15 is 0 Å². The van der Waals surface area contributed by atoms with Gasteiger partial charge in [0.1, 0.15) is 0 Å². The molecular weight excluding hydrogens is 158 g/mol. The summed E-state index contributed by atoms with van der Waals surface area (Å²) in [7, 11) is 0. The first kappa shape index (κ1) is 10.3. The number of hydrogen-bond donors (Lipinski definition) is 1. The molecule has 0 saturated heterocycles. The molecule has 0 saturated carbocycles. The van der Waals surface area contributed by atoms with Gasteiger partial charge in [-0.05, 0) is 24.9 Å². The van der Waals surface area contributed by atoms with E-state index in [9.17, 15) is 0 Å². The molecule has 0 fully saturated rings. The van der Waals surface area contributed by atoms with Crippen LogP contribution in [0.3, 0.4) is 0 Å². The van der Waals surface area contributed by atoms with E-state index < -0.39 is 0 Å². The fourth-order valence-electron chi connectivity index (χ4n) is 1.27. The summed E-state index contributed by atoms with van der Waals surface area (Å²) in [5.41, 5.74) is 1.36. The summed E-state index contributed by atoms with van der Waals surface area (Å²) in [6.07, 6.45) is 0. The van der Waals surface area contributed by atoms with E-state index in [1.807, 2.05) is 0 Å². The van der Waals surface area contributed by atoms with Gasteiger partial charge in [0, 0.05) is 6.04 Å². The lowest BCUT2D eigenvalue weighted by Crippen LogP contribution is -2.23. The van der Waals surface area contributed by atoms with Gasteiger partial charge < -0.3 is 5.32 Å². The van der Waals surface area contributed by atoms with Gasteiger partial charge in [0.05, 0.1) is 0 Å². The van der Waals surface area contributed by atoms with E-state index in [-0.39, 0.29) is 0 Å². The predicted molar refractivity (Wildman–Crippen MR) is 57.7 cm³/mol. The molecule has 0 aromatic heterocycles. The number of benzene rings is 1. The highest BCUT2D eigenvalue weighted by Gasteiger charge is 2.03. The van der Waals surface area contributed by atoms with Crippen LogP contribution in [0, 0.1) is 5.92 Å². The number of rotatable bonds is 4. The van der Waals surface area contributed by atoms with Crippen molar-refractivity contribution >= 4 is 0 Å². The summed E-state index contributed by atoms with van der Waals surface area (Å²) in [4.78, 5) is 0. The van der Waals surface area contributed by atoms with Gasteiger partial charge in [-0.2, -0.15) is 0 Å². The molecule has 0 amide bonds. The van der Waals surface area contributed by atoms with Crippen molar-refractivity contribution in [3.63, 3.8) is 0 Å². The summed E-state index contributed by atoms with van der Waals surface area (Å²) >= 11 is 0. The summed E-state index contributed by atoms with van der Waals surface area (Å²) in [5, 5.41) is 3.50. The van der Waals surface area contributed by atoms with Gasteiger partial charge >= 0.3 is 0 Å². The van der Waals surface area contributed by atoms with Crippen molar-refractivity contribution in [2.45, 2.75) is 26.8 Å². The van der Waals surface area contributed by atoms with E-state index in [2.05, 4.69) is 56.4 Å². The highest BCUT2D eigenvalue weighted by Crippen LogP contribution is 2.10. The smallest absolute Gasteiger partial charge is 0.0291 e. The van der Waals surface area contributed by atoms with Gasteiger partial charge in [0.15, 0.2) is 0 Å². The first-order valence-corrected chi connectivity index (χ1v) is 4.98. The minimum absolute atomic E-state index is 0.462. The zero-order valence-electron chi connectivity index (χ0n) is 8.75. The molecule has 1 aromatic rings. The van der Waals surface area contributed by atoms with Crippen molar-refractivity contribution in [2.75, 3.05) is 6.54 Å². The third-order valence-electron chi connectivity index (χ3n) is 2.13. The molecule has 13 heavy (non-hydrogen) atoms. The van der Waals surface area contributed by atoms with Crippen molar-refractivity contribution in [3.05, 3.63) is 35.9 Å². The van der Waals surface area contributed by atoms with Crippen LogP contribution < -0.4 is 5.32 Å². The molecule has 1 nitrogen and oxygen atoms in total. The standard InChI is InChI=1S/C12H19N/c1-10(2)9-13-11(3)12-7-5-4-6-8-12/h4-8,10-11,13H,9H2,1-3H3/t11-/m0/s1. The van der Waals surface area contributed by atoms with Crippen molar-refractivity contribution in [2.24, 2.45) is 5.92 Å². The fraction of sp³-hybridized carbons (Fsp3) is 0.500. The maximum atomic E-state index is 3.50. The summed E-state index contributed by atoms with van der Waals surface area (Å²) < 4.78 is 0. The highest BCUT2D eigenvalue weighted by molar-refractivity contribution is 5.17. The molecule has 1 atom stereocenters. The number of hydrogen-bond acceptors (Lipinski definition) is 1. The maximum absolute atomic E-state index is 3.50. The Morgan fingerprint density at radius 3 is 2.23 bits per heavy atom. The maximum Gasteiger partial charge on any atom is 0.0291 e. The molecule has 72 valence electrons. The highest BCUT2D eigenvalue weighted by atomic mass is 14.9. The quantitative estimate of drug-likeness (QED) is 0.745. The number of nitrogens with one attached hydrogen (secondary N) is 1. The van der Waals surface area contributed by atoms with Gasteiger partial charge in [0.2, 0.25) is 0 Å². The molecule has 0 radical (unpaired) electrons. The molecule has 0 aliphatic carbocycles. The average Bonchev–Trinajstić information content (AvgIpc) is 2.15. The van der Waals surface area contributed by atoms with Gasteiger partial charge in [-0.15, -0.1) is 0 Å². The zero-order valence-corrected chi connectivity index (χ0v) is 8.75. The van der Waals surface area contributed by atoms with E-state index in [1.165, 1.54) is 5.56 Å². The largest absolute Gasteiger partial charge is 0.310 e. The van der Waals surface area contributed by atoms with Crippen LogP contribution in [-0.4, -0.2) is 6.54 Å². The molecule has 0 spiro atoms. The lowest BCUT2D eigenvalue weighted by atomic mass is 10.1. The zero-order chi connectivity index (χ0) is 9.68. The van der Waals surface area contributed by atoms with Crippen LogP contribution >= 0.6 is 0 Å². The van der Waals surface area contributed by atoms with Crippen LogP contribution in [0.25, 0.3) is 0 Å². The topological polar surface area (TPSA) is 12.0 Å². The van der Waals surface area contributed by atoms with Gasteiger partial charge in [-0.25, -0.2) is 0 Å². The van der Waals surface area contributed by atoms with E-state index in [0.29, 0.717) is 12.0 Å². The van der Waals surface area contributed by atoms with Crippen molar-refractivity contribution in [3.8, 4) is 0 Å². The molecule has 0 bridgehead atoms. The Morgan fingerprint density at radius 2 is 1.69 bits per heavy atom. The van der Waals surface area contributed by atoms with E-state index in [1.54, 1.807) is 0 Å². The first-order chi connectivity index (χ1) is 6.20. The van der Waals surface area contributed by atoms with Crippen LogP contribution in [0.15, 0.2) is 30.3 Å². The normalized spacial score (nSPS) is 13.2. The lowest BCUT2D eigenvalue weighted by molar-refractivity contribution is 0.496. The first-order valence-electron chi connectivity index (χ1n) is 4.98. The molecule has 0 unspecified atom stereocenters. The van der Waals surface area contributed by atoms with Gasteiger partial charge in [-0.1, -0.05) is 44.2 Å². The molecule has 0 heterocycles. The Kier molecular flexibility index (Phi) is 3.97. The molecular formula is C12H19N. The van der Waals surface area contributed by atoms with Crippen LogP contribution in [0.4, 0.5) is 0 Å². The molecule has 1 aromatic carbocycles. The monoisotopic (exact) mass is 177 g/mol. The van der Waals surface area contributed by atoms with Crippen LogP contribution in [0.1, 0.15) is 32.4 Å². The molecule has 1 heteroatoms. The fourth-order valence-corrected chi connectivity index (χ4v) is 1.27. The van der Waals surface area contributed by atoms with Gasteiger partial charge in [0.25, 0.3) is 0 Å². The Morgan fingerprint density at radius 1 is 1.08 bits per heavy atom. The Balaban J connectivity index is 2.44. The Labute approximate surface area is 81.2 Å². The Bertz CT molecular complexity index is 228. The molecule has 0 aliphatic rings. The Hall–Kier alpha value is -0.820. The SMILES string of the molecule is CC(C)CN[C@@H](C)c1ccccc1. The minimum Gasteiger partial charge on any atom is -0.310 e. The van der Waals surface area contributed by atoms with Crippen molar-refractivity contribution in [1.29, 1.82) is 0 Å². The van der Waals surface area contributed by atoms with Crippen LogP contribution in [0.5, 0.6) is 0 Å². The molecule has 1 N–H and O–H groups in total.